The van der Waals surface area contributed by atoms with Gasteiger partial charge in [-0.1, -0.05) is 17.7 Å². The zero-order valence-corrected chi connectivity index (χ0v) is 25.9. The molecular weight excluding hydrogens is 579 g/mol. The Bertz CT molecular complexity index is 1430. The van der Waals surface area contributed by atoms with Gasteiger partial charge in [0.1, 0.15) is 35.9 Å². The maximum atomic E-state index is 13.6. The van der Waals surface area contributed by atoms with Crippen molar-refractivity contribution in [3.8, 4) is 5.75 Å². The third kappa shape index (κ3) is 11.5. The number of hydrogen-bond donors (Lipinski definition) is 1. The number of nitrogens with zero attached hydrogens (tertiary/aromatic N) is 3. The van der Waals surface area contributed by atoms with Crippen LogP contribution in [0.15, 0.2) is 48.8 Å². The lowest BCUT2D eigenvalue weighted by atomic mass is 10.0. The molecule has 232 valence electrons. The number of esters is 1. The van der Waals surface area contributed by atoms with Crippen molar-refractivity contribution in [2.45, 2.75) is 32.8 Å². The molecule has 0 aliphatic rings. The summed E-state index contributed by atoms with van der Waals surface area (Å²) in [5.41, 5.74) is 1.32. The van der Waals surface area contributed by atoms with Gasteiger partial charge in [-0.25, -0.2) is 19.2 Å². The van der Waals surface area contributed by atoms with Crippen LogP contribution in [-0.2, 0) is 30.2 Å². The van der Waals surface area contributed by atoms with Crippen molar-refractivity contribution in [2.24, 2.45) is 0 Å². The van der Waals surface area contributed by atoms with Crippen molar-refractivity contribution >= 4 is 45.8 Å². The first-order valence-corrected chi connectivity index (χ1v) is 14.1. The molecule has 0 spiro atoms. The van der Waals surface area contributed by atoms with Gasteiger partial charge in [-0.15, -0.1) is 0 Å². The molecule has 0 unspecified atom stereocenters. The lowest BCUT2D eigenvalue weighted by Gasteiger charge is -2.19. The van der Waals surface area contributed by atoms with E-state index in [-0.39, 0.29) is 23.8 Å². The summed E-state index contributed by atoms with van der Waals surface area (Å²) in [6, 6.07) is 7.86. The number of halogens is 2. The third-order valence-corrected chi connectivity index (χ3v) is 6.22. The zero-order chi connectivity index (χ0) is 31.4. The normalized spacial score (nSPS) is 11.8. The Morgan fingerprint density at radius 1 is 1.09 bits per heavy atom. The van der Waals surface area contributed by atoms with Crippen LogP contribution in [-0.4, -0.2) is 85.9 Å². The number of rotatable bonds is 16. The molecule has 12 heteroatoms. The zero-order valence-electron chi connectivity index (χ0n) is 25.1. The lowest BCUT2D eigenvalue weighted by Crippen LogP contribution is -2.27. The van der Waals surface area contributed by atoms with Gasteiger partial charge in [0.2, 0.25) is 0 Å². The Labute approximate surface area is 256 Å². The van der Waals surface area contributed by atoms with Gasteiger partial charge >= 0.3 is 5.97 Å². The van der Waals surface area contributed by atoms with Gasteiger partial charge in [-0.3, -0.25) is 4.79 Å². The molecule has 0 atom stereocenters. The van der Waals surface area contributed by atoms with Gasteiger partial charge in [0.15, 0.2) is 5.78 Å². The number of anilines is 2. The van der Waals surface area contributed by atoms with E-state index in [0.29, 0.717) is 66.6 Å². The predicted octanol–water partition coefficient (Wildman–Crippen LogP) is 5.15. The van der Waals surface area contributed by atoms with E-state index in [1.165, 1.54) is 25.6 Å². The molecule has 0 bridgehead atoms. The first-order valence-electron chi connectivity index (χ1n) is 13.7. The number of aromatic nitrogens is 2. The maximum absolute atomic E-state index is 13.6. The predicted molar refractivity (Wildman–Crippen MR) is 164 cm³/mol. The number of methoxy groups -OCH3 is 1. The molecular formula is C31H38ClFN4O6. The van der Waals surface area contributed by atoms with E-state index < -0.39 is 17.4 Å². The lowest BCUT2D eigenvalue weighted by molar-refractivity contribution is -0.160. The largest absolute Gasteiger partial charge is 0.496 e. The van der Waals surface area contributed by atoms with Crippen LogP contribution in [0.4, 0.5) is 15.9 Å². The minimum atomic E-state index is -0.538. The Hall–Kier alpha value is -3.64. The van der Waals surface area contributed by atoms with Crippen molar-refractivity contribution in [2.75, 3.05) is 59.0 Å². The number of likely N-dealkylation sites (N-methyl/N-ethyl adjacent to an activating group) is 1. The molecule has 0 aliphatic heterocycles. The fraction of sp³-hybridized carbons (Fsp3) is 0.419. The van der Waals surface area contributed by atoms with E-state index in [9.17, 15) is 14.0 Å². The van der Waals surface area contributed by atoms with E-state index in [0.717, 1.165) is 0 Å². The fourth-order valence-corrected chi connectivity index (χ4v) is 4.12. The summed E-state index contributed by atoms with van der Waals surface area (Å²) in [4.78, 5) is 35.1. The fourth-order valence-electron chi connectivity index (χ4n) is 3.94. The highest BCUT2D eigenvalue weighted by molar-refractivity contribution is 6.31. The number of benzene rings is 2. The van der Waals surface area contributed by atoms with Crippen LogP contribution in [0.3, 0.4) is 0 Å². The Morgan fingerprint density at radius 2 is 1.86 bits per heavy atom. The maximum Gasteiger partial charge on any atom is 0.332 e. The van der Waals surface area contributed by atoms with Crippen LogP contribution in [0.5, 0.6) is 5.75 Å². The molecule has 0 radical (unpaired) electrons. The number of allylic oxidation sites excluding steroid dienone is 1. The van der Waals surface area contributed by atoms with Crippen molar-refractivity contribution in [3.05, 3.63) is 65.2 Å². The molecule has 0 aliphatic carbocycles. The monoisotopic (exact) mass is 616 g/mol. The first-order chi connectivity index (χ1) is 20.4. The summed E-state index contributed by atoms with van der Waals surface area (Å²) in [7, 11) is 3.46. The average molecular weight is 617 g/mol. The Morgan fingerprint density at radius 3 is 2.58 bits per heavy atom. The molecule has 0 saturated carbocycles. The molecule has 0 fully saturated rings. The van der Waals surface area contributed by atoms with Crippen LogP contribution in [0.25, 0.3) is 10.9 Å². The van der Waals surface area contributed by atoms with Crippen LogP contribution in [0.2, 0.25) is 5.02 Å². The summed E-state index contributed by atoms with van der Waals surface area (Å²) in [5, 5.41) is 3.80. The van der Waals surface area contributed by atoms with Crippen LogP contribution in [0.1, 0.15) is 26.3 Å². The standard InChI is InChI=1S/C31H38ClFN4O6/c1-31(2,3)43-29(39)19-42-14-13-41-12-11-37(4)10-6-7-23(38)15-21-16-24-27(18-28(21)40-5)34-20-35-30(24)36-22-8-9-26(33)25(32)17-22/h6-9,16-18,20H,10-15,19H2,1-5H3,(H,34,35,36)/b7-6+. The number of hydrogen-bond acceptors (Lipinski definition) is 10. The molecule has 2 aromatic carbocycles. The highest BCUT2D eigenvalue weighted by atomic mass is 35.5. The number of carbonyl (C=O) groups excluding carboxylic acids is 2. The first kappa shape index (κ1) is 33.9. The molecule has 1 N–H and O–H groups in total. The minimum absolute atomic E-state index is 0.0111. The van der Waals surface area contributed by atoms with E-state index in [1.807, 2.05) is 18.0 Å². The molecule has 3 rings (SSSR count). The van der Waals surface area contributed by atoms with Crippen molar-refractivity contribution in [3.63, 3.8) is 0 Å². The van der Waals surface area contributed by atoms with E-state index >= 15 is 0 Å². The number of carbonyl (C=O) groups is 2. The van der Waals surface area contributed by atoms with Gasteiger partial charge < -0.3 is 29.2 Å². The third-order valence-electron chi connectivity index (χ3n) is 5.93. The summed E-state index contributed by atoms with van der Waals surface area (Å²) >= 11 is 5.92. The molecule has 0 amide bonds. The highest BCUT2D eigenvalue weighted by Gasteiger charge is 2.16. The summed E-state index contributed by atoms with van der Waals surface area (Å²) < 4.78 is 35.1. The summed E-state index contributed by atoms with van der Waals surface area (Å²) in [6.07, 6.45) is 4.87. The second-order valence-electron chi connectivity index (χ2n) is 10.7. The molecule has 0 saturated heterocycles. The van der Waals surface area contributed by atoms with Crippen LogP contribution >= 0.6 is 11.6 Å². The SMILES string of the molecule is COc1cc2ncnc(Nc3ccc(F)c(Cl)c3)c2cc1CC(=O)/C=C/CN(C)CCOCCOCC(=O)OC(C)(C)C. The molecule has 10 nitrogen and oxygen atoms in total. The smallest absolute Gasteiger partial charge is 0.332 e. The summed E-state index contributed by atoms with van der Waals surface area (Å²) in [5.74, 6) is -0.0000280. The van der Waals surface area contributed by atoms with E-state index in [2.05, 4.69) is 15.3 Å². The molecule has 1 aromatic heterocycles. The van der Waals surface area contributed by atoms with E-state index in [4.69, 9.17) is 30.5 Å². The van der Waals surface area contributed by atoms with Gasteiger partial charge in [0.25, 0.3) is 0 Å². The Balaban J connectivity index is 1.48. The molecule has 1 heterocycles. The van der Waals surface area contributed by atoms with Gasteiger partial charge in [0.05, 0.1) is 37.5 Å². The van der Waals surface area contributed by atoms with Crippen molar-refractivity contribution < 1.29 is 32.9 Å². The average Bonchev–Trinajstić information content (AvgIpc) is 2.93. The second kappa shape index (κ2) is 16.3. The minimum Gasteiger partial charge on any atom is -0.496 e. The van der Waals surface area contributed by atoms with Gasteiger partial charge in [0, 0.05) is 42.2 Å². The van der Waals surface area contributed by atoms with Gasteiger partial charge in [-0.2, -0.15) is 0 Å². The summed E-state index contributed by atoms with van der Waals surface area (Å²) in [6.45, 7) is 7.64. The van der Waals surface area contributed by atoms with Crippen molar-refractivity contribution in [1.82, 2.24) is 14.9 Å². The number of ketones is 1. The number of fused-ring (bicyclic) bond motifs is 1. The number of ether oxygens (including phenoxy) is 4. The van der Waals surface area contributed by atoms with Crippen LogP contribution in [0, 0.1) is 5.82 Å². The molecule has 43 heavy (non-hydrogen) atoms. The highest BCUT2D eigenvalue weighted by Crippen LogP contribution is 2.31. The topological polar surface area (TPSA) is 112 Å². The Kier molecular flexibility index (Phi) is 12.8. The van der Waals surface area contributed by atoms with Gasteiger partial charge in [-0.05, 0) is 58.2 Å². The molecule has 3 aromatic rings. The second-order valence-corrected chi connectivity index (χ2v) is 11.1. The van der Waals surface area contributed by atoms with Crippen molar-refractivity contribution in [1.29, 1.82) is 0 Å². The number of nitrogens with one attached hydrogen (secondary N) is 1. The van der Waals surface area contributed by atoms with Crippen LogP contribution < -0.4 is 10.1 Å². The van der Waals surface area contributed by atoms with E-state index in [1.54, 1.807) is 45.1 Å². The quantitative estimate of drug-likeness (QED) is 0.132.